The monoisotopic (exact) mass is 491 g/mol. The van der Waals surface area contributed by atoms with Crippen molar-refractivity contribution in [3.8, 4) is 6.07 Å². The third kappa shape index (κ3) is 4.53. The molecule has 192 valence electrons. The highest BCUT2D eigenvalue weighted by Crippen LogP contribution is 2.61. The number of hydrogen-bond donors (Lipinski definition) is 2. The van der Waals surface area contributed by atoms with Gasteiger partial charge in [0.1, 0.15) is 18.0 Å². The van der Waals surface area contributed by atoms with Gasteiger partial charge in [0.15, 0.2) is 0 Å². The lowest BCUT2D eigenvalue weighted by atomic mass is 9.48. The van der Waals surface area contributed by atoms with Crippen LogP contribution in [0.3, 0.4) is 0 Å². The number of likely N-dealkylation sites (tertiary alicyclic amines) is 1. The Morgan fingerprint density at radius 1 is 1.06 bits per heavy atom. The summed E-state index contributed by atoms with van der Waals surface area (Å²) in [6.45, 7) is 1.24. The van der Waals surface area contributed by atoms with E-state index in [1.54, 1.807) is 23.2 Å². The molecule has 6 aliphatic rings. The fraction of sp³-hybridized carbons (Fsp3) is 0.714. The van der Waals surface area contributed by atoms with E-state index in [0.717, 1.165) is 51.4 Å². The molecule has 1 aromatic heterocycles. The fourth-order valence-corrected chi connectivity index (χ4v) is 8.02. The zero-order chi connectivity index (χ0) is 24.7. The minimum atomic E-state index is -0.242. The summed E-state index contributed by atoms with van der Waals surface area (Å²) in [4.78, 5) is 32.7. The van der Waals surface area contributed by atoms with Crippen molar-refractivity contribution in [1.82, 2.24) is 15.2 Å². The summed E-state index contributed by atoms with van der Waals surface area (Å²) in [6, 6.07) is 6.08. The number of carbonyl (C=O) groups excluding carboxylic acids is 2. The zero-order valence-corrected chi connectivity index (χ0v) is 21.0. The van der Waals surface area contributed by atoms with E-state index >= 15 is 0 Å². The number of anilines is 1. The number of nitrogens with zero attached hydrogens (tertiary/aromatic N) is 3. The van der Waals surface area contributed by atoms with Crippen LogP contribution in [0.4, 0.5) is 10.6 Å². The van der Waals surface area contributed by atoms with Crippen LogP contribution in [-0.2, 0) is 9.53 Å². The van der Waals surface area contributed by atoms with Gasteiger partial charge in [-0.15, -0.1) is 0 Å². The molecule has 0 radical (unpaired) electrons. The highest BCUT2D eigenvalue weighted by atomic mass is 16.6. The van der Waals surface area contributed by atoms with Crippen LogP contribution < -0.4 is 10.6 Å². The average molecular weight is 492 g/mol. The van der Waals surface area contributed by atoms with Crippen LogP contribution in [0.25, 0.3) is 0 Å². The Balaban J connectivity index is 1.04. The summed E-state index contributed by atoms with van der Waals surface area (Å²) >= 11 is 0. The molecule has 5 saturated carbocycles. The maximum absolute atomic E-state index is 13.5. The molecule has 0 spiro atoms. The third-order valence-electron chi connectivity index (χ3n) is 9.54. The second-order valence-corrected chi connectivity index (χ2v) is 12.0. The van der Waals surface area contributed by atoms with Crippen LogP contribution in [0.15, 0.2) is 18.3 Å². The summed E-state index contributed by atoms with van der Waals surface area (Å²) in [6.07, 6.45) is 13.0. The quantitative estimate of drug-likeness (QED) is 0.639. The van der Waals surface area contributed by atoms with Gasteiger partial charge in [0, 0.05) is 31.4 Å². The molecule has 7 rings (SSSR count). The first kappa shape index (κ1) is 23.6. The van der Waals surface area contributed by atoms with Crippen LogP contribution in [0.2, 0.25) is 0 Å². The Labute approximate surface area is 213 Å². The fourth-order valence-electron chi connectivity index (χ4n) is 8.02. The van der Waals surface area contributed by atoms with Crippen molar-refractivity contribution < 1.29 is 14.3 Å². The van der Waals surface area contributed by atoms with Crippen molar-refractivity contribution in [1.29, 1.82) is 5.26 Å². The molecule has 8 nitrogen and oxygen atoms in total. The van der Waals surface area contributed by atoms with Crippen LogP contribution in [0.1, 0.15) is 76.2 Å². The van der Waals surface area contributed by atoms with Crippen molar-refractivity contribution in [3.63, 3.8) is 0 Å². The Morgan fingerprint density at radius 3 is 2.53 bits per heavy atom. The minimum absolute atomic E-state index is 0.0585. The molecule has 8 heteroatoms. The number of hydrogen-bond acceptors (Lipinski definition) is 6. The largest absolute Gasteiger partial charge is 0.446 e. The molecule has 0 aromatic carbocycles. The number of nitrogens with one attached hydrogen (secondary N) is 2. The summed E-state index contributed by atoms with van der Waals surface area (Å²) in [7, 11) is 0. The highest BCUT2D eigenvalue weighted by molar-refractivity contribution is 5.83. The van der Waals surface area contributed by atoms with Crippen molar-refractivity contribution >= 4 is 17.8 Å². The highest BCUT2D eigenvalue weighted by Gasteiger charge is 2.59. The van der Waals surface area contributed by atoms with E-state index < -0.39 is 0 Å². The second kappa shape index (κ2) is 9.57. The van der Waals surface area contributed by atoms with E-state index in [1.165, 1.54) is 19.3 Å². The Hall–Kier alpha value is -2.82. The summed E-state index contributed by atoms with van der Waals surface area (Å²) < 4.78 is 6.19. The van der Waals surface area contributed by atoms with E-state index in [4.69, 9.17) is 10.00 Å². The molecule has 36 heavy (non-hydrogen) atoms. The van der Waals surface area contributed by atoms with Crippen molar-refractivity contribution in [2.45, 2.75) is 88.8 Å². The Bertz CT molecular complexity index is 1010. The summed E-state index contributed by atoms with van der Waals surface area (Å²) in [5, 5.41) is 15.7. The van der Waals surface area contributed by atoms with Crippen LogP contribution in [-0.4, -0.2) is 53.2 Å². The first-order valence-corrected chi connectivity index (χ1v) is 13.9. The molecule has 3 unspecified atom stereocenters. The molecule has 1 aliphatic heterocycles. The number of ether oxygens (including phenoxy) is 1. The normalized spacial score (nSPS) is 35.3. The molecular weight excluding hydrogens is 454 g/mol. The molecular formula is C28H37N5O3. The van der Waals surface area contributed by atoms with E-state index in [-0.39, 0.29) is 29.6 Å². The number of carbonyl (C=O) groups is 2. The smallest absolute Gasteiger partial charge is 0.410 e. The van der Waals surface area contributed by atoms with Gasteiger partial charge in [0.2, 0.25) is 5.91 Å². The van der Waals surface area contributed by atoms with Crippen LogP contribution in [0.5, 0.6) is 0 Å². The van der Waals surface area contributed by atoms with Crippen molar-refractivity contribution in [2.24, 2.45) is 23.2 Å². The van der Waals surface area contributed by atoms with Crippen LogP contribution >= 0.6 is 0 Å². The van der Waals surface area contributed by atoms with E-state index in [2.05, 4.69) is 21.7 Å². The first-order chi connectivity index (χ1) is 17.5. The van der Waals surface area contributed by atoms with Gasteiger partial charge in [-0.1, -0.05) is 19.3 Å². The predicted molar refractivity (Wildman–Crippen MR) is 134 cm³/mol. The average Bonchev–Trinajstić information content (AvgIpc) is 3.35. The topological polar surface area (TPSA) is 107 Å². The molecule has 3 atom stereocenters. The zero-order valence-electron chi connectivity index (χ0n) is 21.0. The number of amides is 2. The lowest BCUT2D eigenvalue weighted by molar-refractivity contribution is -0.165. The van der Waals surface area contributed by atoms with Gasteiger partial charge in [-0.25, -0.2) is 9.78 Å². The number of pyridine rings is 1. The molecule has 2 heterocycles. The van der Waals surface area contributed by atoms with E-state index in [9.17, 15) is 9.59 Å². The standard InChI is InChI=1S/C28H37N5O3/c29-15-18-6-7-24(30-16-18)31-23-8-9-33(17-23)27(35)36-25-20-10-19-11-21(25)14-28(12-19,13-20)26(34)32-22-4-2-1-3-5-22/h6-7,16,19-23,25H,1-5,8-14,17H2,(H,30,31)(H,32,34). The molecule has 5 aliphatic carbocycles. The van der Waals surface area contributed by atoms with Gasteiger partial charge in [-0.05, 0) is 81.3 Å². The second-order valence-electron chi connectivity index (χ2n) is 12.0. The van der Waals surface area contributed by atoms with Gasteiger partial charge in [0.25, 0.3) is 0 Å². The van der Waals surface area contributed by atoms with E-state index in [0.29, 0.717) is 48.3 Å². The molecule has 2 N–H and O–H groups in total. The van der Waals surface area contributed by atoms with Gasteiger partial charge in [0.05, 0.1) is 11.0 Å². The molecule has 2 amide bonds. The molecule has 6 fully saturated rings. The molecule has 1 saturated heterocycles. The van der Waals surface area contributed by atoms with Crippen molar-refractivity contribution in [3.05, 3.63) is 23.9 Å². The number of aromatic nitrogens is 1. The Morgan fingerprint density at radius 2 is 1.83 bits per heavy atom. The van der Waals surface area contributed by atoms with Gasteiger partial charge < -0.3 is 20.3 Å². The first-order valence-electron chi connectivity index (χ1n) is 13.9. The van der Waals surface area contributed by atoms with Gasteiger partial charge in [-0.3, -0.25) is 4.79 Å². The maximum atomic E-state index is 13.5. The van der Waals surface area contributed by atoms with E-state index in [1.807, 2.05) is 0 Å². The lowest BCUT2D eigenvalue weighted by Crippen LogP contribution is -2.60. The maximum Gasteiger partial charge on any atom is 0.410 e. The number of nitriles is 1. The number of rotatable bonds is 5. The summed E-state index contributed by atoms with van der Waals surface area (Å²) in [5.41, 5.74) is 0.286. The molecule has 4 bridgehead atoms. The Kier molecular flexibility index (Phi) is 6.27. The molecule has 1 aromatic rings. The van der Waals surface area contributed by atoms with Crippen molar-refractivity contribution in [2.75, 3.05) is 18.4 Å². The third-order valence-corrected chi connectivity index (χ3v) is 9.54. The van der Waals surface area contributed by atoms with Crippen LogP contribution in [0, 0.1) is 34.5 Å². The lowest BCUT2D eigenvalue weighted by Gasteiger charge is -2.58. The van der Waals surface area contributed by atoms with Gasteiger partial charge >= 0.3 is 6.09 Å². The van der Waals surface area contributed by atoms with Gasteiger partial charge in [-0.2, -0.15) is 5.26 Å². The predicted octanol–water partition coefficient (Wildman–Crippen LogP) is 4.22. The minimum Gasteiger partial charge on any atom is -0.446 e. The summed E-state index contributed by atoms with van der Waals surface area (Å²) in [5.74, 6) is 2.19. The SMILES string of the molecule is N#Cc1ccc(NC2CCN(C(=O)OC3C4CC5CC3CC(C(=O)NC3CCCCC3)(C5)C4)C2)nc1.